The van der Waals surface area contributed by atoms with Gasteiger partial charge in [0.05, 0.1) is 6.04 Å². The molecule has 2 amide bonds. The number of hydrogen-bond acceptors (Lipinski definition) is 2. The number of carbonyl (C=O) groups excluding carboxylic acids is 1. The van der Waals surface area contributed by atoms with Crippen molar-refractivity contribution in [1.29, 1.82) is 0 Å². The van der Waals surface area contributed by atoms with E-state index >= 15 is 0 Å². The van der Waals surface area contributed by atoms with Gasteiger partial charge >= 0.3 is 6.03 Å². The van der Waals surface area contributed by atoms with Gasteiger partial charge in [-0.25, -0.2) is 4.79 Å². The molecule has 0 bridgehead atoms. The van der Waals surface area contributed by atoms with Crippen molar-refractivity contribution >= 4 is 6.03 Å². The van der Waals surface area contributed by atoms with Crippen molar-refractivity contribution in [2.45, 2.75) is 31.8 Å². The maximum absolute atomic E-state index is 12.1. The normalized spacial score (nSPS) is 24.6. The quantitative estimate of drug-likeness (QED) is 0.851. The summed E-state index contributed by atoms with van der Waals surface area (Å²) >= 11 is 0. The van der Waals surface area contributed by atoms with Crippen LogP contribution in [0.3, 0.4) is 0 Å². The fourth-order valence-corrected chi connectivity index (χ4v) is 2.98. The number of benzene rings is 1. The number of aryl methyl sites for hydroxylation is 1. The summed E-state index contributed by atoms with van der Waals surface area (Å²) in [6.45, 7) is 4.91. The van der Waals surface area contributed by atoms with Gasteiger partial charge in [-0.1, -0.05) is 29.8 Å². The summed E-state index contributed by atoms with van der Waals surface area (Å²) in [5.74, 6) is 0. The van der Waals surface area contributed by atoms with Crippen LogP contribution in [0.25, 0.3) is 0 Å². The van der Waals surface area contributed by atoms with E-state index in [1.807, 2.05) is 4.90 Å². The van der Waals surface area contributed by atoms with Crippen LogP contribution in [0.5, 0.6) is 0 Å². The third-order valence-corrected chi connectivity index (χ3v) is 4.17. The number of piperidine rings is 1. The van der Waals surface area contributed by atoms with Gasteiger partial charge in [-0.15, -0.1) is 0 Å². The Morgan fingerprint density at radius 1 is 1.16 bits per heavy atom. The molecule has 4 heteroatoms. The fraction of sp³-hybridized carbons (Fsp3) is 0.533. The van der Waals surface area contributed by atoms with Gasteiger partial charge in [0, 0.05) is 12.6 Å². The third kappa shape index (κ3) is 2.59. The smallest absolute Gasteiger partial charge is 0.318 e. The van der Waals surface area contributed by atoms with Gasteiger partial charge in [0.2, 0.25) is 0 Å². The SMILES string of the molecule is Cc1ccc(C2CN(C3CCNCC3)C(=O)N2)cc1. The molecule has 2 saturated heterocycles. The van der Waals surface area contributed by atoms with E-state index < -0.39 is 0 Å². The van der Waals surface area contributed by atoms with Crippen molar-refractivity contribution in [1.82, 2.24) is 15.5 Å². The predicted molar refractivity (Wildman–Crippen MR) is 75.0 cm³/mol. The minimum Gasteiger partial charge on any atom is -0.329 e. The van der Waals surface area contributed by atoms with Crippen LogP contribution < -0.4 is 10.6 Å². The first-order valence-corrected chi connectivity index (χ1v) is 7.08. The molecule has 0 aliphatic carbocycles. The maximum atomic E-state index is 12.1. The fourth-order valence-electron chi connectivity index (χ4n) is 2.98. The van der Waals surface area contributed by atoms with Crippen LogP contribution in [0.4, 0.5) is 4.79 Å². The number of nitrogens with zero attached hydrogens (tertiary/aromatic N) is 1. The van der Waals surface area contributed by atoms with Crippen molar-refractivity contribution in [2.24, 2.45) is 0 Å². The summed E-state index contributed by atoms with van der Waals surface area (Å²) in [6.07, 6.45) is 2.13. The first-order valence-electron chi connectivity index (χ1n) is 7.08. The second-order valence-electron chi connectivity index (χ2n) is 5.55. The Kier molecular flexibility index (Phi) is 3.42. The highest BCUT2D eigenvalue weighted by molar-refractivity contribution is 5.77. The highest BCUT2D eigenvalue weighted by atomic mass is 16.2. The molecule has 1 aromatic carbocycles. The Balaban J connectivity index is 1.70. The van der Waals surface area contributed by atoms with E-state index in [4.69, 9.17) is 0 Å². The zero-order valence-electron chi connectivity index (χ0n) is 11.4. The number of carbonyl (C=O) groups is 1. The van der Waals surface area contributed by atoms with E-state index in [-0.39, 0.29) is 12.1 Å². The van der Waals surface area contributed by atoms with E-state index in [9.17, 15) is 4.79 Å². The van der Waals surface area contributed by atoms with Gasteiger partial charge in [0.15, 0.2) is 0 Å². The second-order valence-corrected chi connectivity index (χ2v) is 5.55. The Hall–Kier alpha value is -1.55. The van der Waals surface area contributed by atoms with Crippen molar-refractivity contribution in [3.63, 3.8) is 0 Å². The van der Waals surface area contributed by atoms with Crippen LogP contribution in [0.15, 0.2) is 24.3 Å². The third-order valence-electron chi connectivity index (χ3n) is 4.17. The van der Waals surface area contributed by atoms with Crippen molar-refractivity contribution in [3.8, 4) is 0 Å². The van der Waals surface area contributed by atoms with Crippen molar-refractivity contribution in [3.05, 3.63) is 35.4 Å². The zero-order chi connectivity index (χ0) is 13.2. The highest BCUT2D eigenvalue weighted by Crippen LogP contribution is 2.24. The molecule has 1 atom stereocenters. The van der Waals surface area contributed by atoms with Crippen LogP contribution in [0.2, 0.25) is 0 Å². The summed E-state index contributed by atoms with van der Waals surface area (Å²) in [6, 6.07) is 9.08. The molecule has 2 N–H and O–H groups in total. The van der Waals surface area contributed by atoms with Crippen LogP contribution in [-0.2, 0) is 0 Å². The van der Waals surface area contributed by atoms with Crippen LogP contribution in [-0.4, -0.2) is 36.6 Å². The number of hydrogen-bond donors (Lipinski definition) is 2. The van der Waals surface area contributed by atoms with Gasteiger partial charge in [-0.05, 0) is 38.4 Å². The average Bonchev–Trinajstić information content (AvgIpc) is 2.83. The van der Waals surface area contributed by atoms with Gasteiger partial charge in [-0.2, -0.15) is 0 Å². The van der Waals surface area contributed by atoms with E-state index in [2.05, 4.69) is 41.8 Å². The highest BCUT2D eigenvalue weighted by Gasteiger charge is 2.34. The predicted octanol–water partition coefficient (Wildman–Crippen LogP) is 1.81. The molecule has 1 aromatic rings. The molecule has 3 rings (SSSR count). The molecule has 2 aliphatic heterocycles. The molecule has 0 aromatic heterocycles. The first kappa shape index (κ1) is 12.5. The lowest BCUT2D eigenvalue weighted by atomic mass is 10.0. The van der Waals surface area contributed by atoms with E-state index in [1.54, 1.807) is 0 Å². The summed E-state index contributed by atoms with van der Waals surface area (Å²) in [7, 11) is 0. The standard InChI is InChI=1S/C15H21N3O/c1-11-2-4-12(5-3-11)14-10-18(15(19)17-14)13-6-8-16-9-7-13/h2-5,13-14,16H,6-10H2,1H3,(H,17,19). The Morgan fingerprint density at radius 2 is 1.84 bits per heavy atom. The number of urea groups is 1. The number of rotatable bonds is 2. The molecule has 2 aliphatic rings. The Morgan fingerprint density at radius 3 is 2.53 bits per heavy atom. The molecule has 102 valence electrons. The largest absolute Gasteiger partial charge is 0.329 e. The lowest BCUT2D eigenvalue weighted by Gasteiger charge is -2.30. The molecule has 0 saturated carbocycles. The minimum absolute atomic E-state index is 0.0949. The number of amides is 2. The summed E-state index contributed by atoms with van der Waals surface area (Å²) < 4.78 is 0. The van der Waals surface area contributed by atoms with Gasteiger partial charge in [0.1, 0.15) is 0 Å². The maximum Gasteiger partial charge on any atom is 0.318 e. The minimum atomic E-state index is 0.0949. The molecule has 19 heavy (non-hydrogen) atoms. The summed E-state index contributed by atoms with van der Waals surface area (Å²) in [4.78, 5) is 14.1. The molecular formula is C15H21N3O. The zero-order valence-corrected chi connectivity index (χ0v) is 11.4. The van der Waals surface area contributed by atoms with E-state index in [0.29, 0.717) is 6.04 Å². The Labute approximate surface area is 114 Å². The van der Waals surface area contributed by atoms with E-state index in [0.717, 1.165) is 32.5 Å². The van der Waals surface area contributed by atoms with Crippen LogP contribution >= 0.6 is 0 Å². The van der Waals surface area contributed by atoms with Crippen molar-refractivity contribution < 1.29 is 4.79 Å². The van der Waals surface area contributed by atoms with Gasteiger partial charge in [-0.3, -0.25) is 0 Å². The van der Waals surface area contributed by atoms with Crippen molar-refractivity contribution in [2.75, 3.05) is 19.6 Å². The van der Waals surface area contributed by atoms with Crippen LogP contribution in [0.1, 0.15) is 30.0 Å². The molecule has 2 fully saturated rings. The lowest BCUT2D eigenvalue weighted by Crippen LogP contribution is -2.44. The molecule has 0 spiro atoms. The summed E-state index contributed by atoms with van der Waals surface area (Å²) in [5.41, 5.74) is 2.46. The topological polar surface area (TPSA) is 44.4 Å². The molecular weight excluding hydrogens is 238 g/mol. The lowest BCUT2D eigenvalue weighted by molar-refractivity contribution is 0.182. The first-order chi connectivity index (χ1) is 9.24. The van der Waals surface area contributed by atoms with Crippen LogP contribution in [0, 0.1) is 6.92 Å². The molecule has 2 heterocycles. The Bertz CT molecular complexity index is 451. The van der Waals surface area contributed by atoms with E-state index in [1.165, 1.54) is 11.1 Å². The molecule has 1 unspecified atom stereocenters. The average molecular weight is 259 g/mol. The second kappa shape index (κ2) is 5.21. The van der Waals surface area contributed by atoms with Gasteiger partial charge < -0.3 is 15.5 Å². The number of nitrogens with one attached hydrogen (secondary N) is 2. The summed E-state index contributed by atoms with van der Waals surface area (Å²) in [5, 5.41) is 6.45. The monoisotopic (exact) mass is 259 g/mol. The van der Waals surface area contributed by atoms with Gasteiger partial charge in [0.25, 0.3) is 0 Å². The molecule has 0 radical (unpaired) electrons. The molecule has 4 nitrogen and oxygen atoms in total.